The van der Waals surface area contributed by atoms with Crippen LogP contribution in [0.2, 0.25) is 4.34 Å². The van der Waals surface area contributed by atoms with Crippen molar-refractivity contribution in [3.8, 4) is 0 Å². The highest BCUT2D eigenvalue weighted by Crippen LogP contribution is 2.22. The Kier molecular flexibility index (Phi) is 5.66. The van der Waals surface area contributed by atoms with Gasteiger partial charge >= 0.3 is 0 Å². The molecular weight excluding hydrogens is 248 g/mol. The molecule has 0 amide bonds. The van der Waals surface area contributed by atoms with E-state index >= 15 is 0 Å². The Bertz CT molecular complexity index is 373. The van der Waals surface area contributed by atoms with Gasteiger partial charge in [0.25, 0.3) is 0 Å². The molecule has 0 radical (unpaired) electrons. The molecule has 0 fully saturated rings. The Balaban J connectivity index is 2.37. The van der Waals surface area contributed by atoms with Gasteiger partial charge in [-0.25, -0.2) is 0 Å². The van der Waals surface area contributed by atoms with Crippen LogP contribution in [-0.2, 0) is 9.53 Å². The second-order valence-electron chi connectivity index (χ2n) is 3.19. The summed E-state index contributed by atoms with van der Waals surface area (Å²) in [7, 11) is 0. The van der Waals surface area contributed by atoms with Gasteiger partial charge in [0.05, 0.1) is 22.2 Å². The molecular formula is C11H13ClO3S. The van der Waals surface area contributed by atoms with Gasteiger partial charge in [-0.2, -0.15) is 0 Å². The van der Waals surface area contributed by atoms with Gasteiger partial charge in [-0.1, -0.05) is 11.6 Å². The largest absolute Gasteiger partial charge is 0.381 e. The Labute approximate surface area is 103 Å². The third-order valence-electron chi connectivity index (χ3n) is 1.94. The van der Waals surface area contributed by atoms with Crippen LogP contribution < -0.4 is 0 Å². The van der Waals surface area contributed by atoms with Crippen molar-refractivity contribution in [2.24, 2.45) is 0 Å². The van der Waals surface area contributed by atoms with Gasteiger partial charge in [0.15, 0.2) is 5.78 Å². The van der Waals surface area contributed by atoms with Crippen molar-refractivity contribution in [1.82, 2.24) is 0 Å². The first-order chi connectivity index (χ1) is 7.63. The van der Waals surface area contributed by atoms with Crippen LogP contribution >= 0.6 is 22.9 Å². The number of carbonyl (C=O) groups is 2. The summed E-state index contributed by atoms with van der Waals surface area (Å²) in [4.78, 5) is 23.5. The Morgan fingerprint density at radius 3 is 2.75 bits per heavy atom. The monoisotopic (exact) mass is 260 g/mol. The fourth-order valence-corrected chi connectivity index (χ4v) is 2.13. The quantitative estimate of drug-likeness (QED) is 0.430. The molecule has 0 saturated carbocycles. The van der Waals surface area contributed by atoms with Crippen LogP contribution in [0.1, 0.15) is 29.4 Å². The van der Waals surface area contributed by atoms with Gasteiger partial charge in [0.1, 0.15) is 5.78 Å². The summed E-state index contributed by atoms with van der Waals surface area (Å²) in [6.45, 7) is 2.83. The molecule has 1 aromatic heterocycles. The standard InChI is InChI=1S/C11H13ClO3S/c1-2-15-6-5-8(13)7-9(14)10-3-4-11(12)16-10/h3-4H,2,5-7H2,1H3. The number of hydrogen-bond acceptors (Lipinski definition) is 4. The second-order valence-corrected chi connectivity index (χ2v) is 4.90. The molecule has 0 aliphatic rings. The van der Waals surface area contributed by atoms with Crippen LogP contribution in [0.3, 0.4) is 0 Å². The lowest BCUT2D eigenvalue weighted by atomic mass is 10.1. The number of carbonyl (C=O) groups excluding carboxylic acids is 2. The van der Waals surface area contributed by atoms with Crippen molar-refractivity contribution in [3.63, 3.8) is 0 Å². The molecule has 3 nitrogen and oxygen atoms in total. The smallest absolute Gasteiger partial charge is 0.180 e. The topological polar surface area (TPSA) is 43.4 Å². The fourth-order valence-electron chi connectivity index (χ4n) is 1.15. The third-order valence-corrected chi connectivity index (χ3v) is 3.21. The molecule has 16 heavy (non-hydrogen) atoms. The zero-order chi connectivity index (χ0) is 12.0. The molecule has 1 heterocycles. The van der Waals surface area contributed by atoms with Crippen LogP contribution in [0.4, 0.5) is 0 Å². The van der Waals surface area contributed by atoms with E-state index in [-0.39, 0.29) is 18.0 Å². The number of ether oxygens (including phenoxy) is 1. The maximum absolute atomic E-state index is 11.6. The van der Waals surface area contributed by atoms with Crippen molar-refractivity contribution in [1.29, 1.82) is 0 Å². The summed E-state index contributed by atoms with van der Waals surface area (Å²) in [6.07, 6.45) is 0.225. The molecule has 0 aromatic carbocycles. The molecule has 0 unspecified atom stereocenters. The molecule has 0 spiro atoms. The van der Waals surface area contributed by atoms with Gasteiger partial charge in [0.2, 0.25) is 0 Å². The van der Waals surface area contributed by atoms with Gasteiger partial charge in [-0.3, -0.25) is 9.59 Å². The van der Waals surface area contributed by atoms with E-state index in [1.165, 1.54) is 11.3 Å². The number of Topliss-reactive ketones (excluding diaryl/α,β-unsaturated/α-hetero) is 2. The Morgan fingerprint density at radius 1 is 1.44 bits per heavy atom. The van der Waals surface area contributed by atoms with Crippen LogP contribution in [-0.4, -0.2) is 24.8 Å². The van der Waals surface area contributed by atoms with E-state index in [9.17, 15) is 9.59 Å². The van der Waals surface area contributed by atoms with E-state index in [0.29, 0.717) is 28.8 Å². The molecule has 0 N–H and O–H groups in total. The fraction of sp³-hybridized carbons (Fsp3) is 0.455. The highest BCUT2D eigenvalue weighted by Gasteiger charge is 2.13. The third kappa shape index (κ3) is 4.43. The first kappa shape index (κ1) is 13.4. The molecule has 0 bridgehead atoms. The summed E-state index contributed by atoms with van der Waals surface area (Å²) < 4.78 is 5.61. The normalized spacial score (nSPS) is 10.4. The second kappa shape index (κ2) is 6.78. The van der Waals surface area contributed by atoms with Gasteiger partial charge in [-0.15, -0.1) is 11.3 Å². The summed E-state index contributed by atoms with van der Waals surface area (Å²) in [6, 6.07) is 3.30. The summed E-state index contributed by atoms with van der Waals surface area (Å²) in [5, 5.41) is 0. The molecule has 0 aliphatic heterocycles. The molecule has 1 aromatic rings. The zero-order valence-electron chi connectivity index (χ0n) is 8.99. The first-order valence-corrected chi connectivity index (χ1v) is 6.21. The number of ketones is 2. The Hall–Kier alpha value is -0.710. The number of thiophene rings is 1. The minimum absolute atomic E-state index is 0.0656. The highest BCUT2D eigenvalue weighted by molar-refractivity contribution is 7.18. The number of rotatable bonds is 7. The average Bonchev–Trinajstić information content (AvgIpc) is 2.65. The summed E-state index contributed by atoms with van der Waals surface area (Å²) in [5.41, 5.74) is 0. The highest BCUT2D eigenvalue weighted by atomic mass is 35.5. The van der Waals surface area contributed by atoms with Crippen LogP contribution in [0, 0.1) is 0 Å². The lowest BCUT2D eigenvalue weighted by Crippen LogP contribution is -2.09. The number of halogens is 1. The molecule has 5 heteroatoms. The molecule has 88 valence electrons. The molecule has 1 rings (SSSR count). The predicted molar refractivity (Wildman–Crippen MR) is 64.4 cm³/mol. The first-order valence-electron chi connectivity index (χ1n) is 5.01. The van der Waals surface area contributed by atoms with Crippen molar-refractivity contribution in [3.05, 3.63) is 21.3 Å². The molecule has 0 saturated heterocycles. The van der Waals surface area contributed by atoms with E-state index < -0.39 is 0 Å². The van der Waals surface area contributed by atoms with Crippen LogP contribution in [0.25, 0.3) is 0 Å². The van der Waals surface area contributed by atoms with Gasteiger partial charge in [0, 0.05) is 13.0 Å². The zero-order valence-corrected chi connectivity index (χ0v) is 10.6. The predicted octanol–water partition coefficient (Wildman–Crippen LogP) is 2.97. The molecule has 0 atom stereocenters. The van der Waals surface area contributed by atoms with Crippen molar-refractivity contribution >= 4 is 34.5 Å². The minimum Gasteiger partial charge on any atom is -0.381 e. The maximum Gasteiger partial charge on any atom is 0.180 e. The van der Waals surface area contributed by atoms with Crippen molar-refractivity contribution in [2.45, 2.75) is 19.8 Å². The van der Waals surface area contributed by atoms with E-state index in [2.05, 4.69) is 0 Å². The summed E-state index contributed by atoms with van der Waals surface area (Å²) >= 11 is 6.90. The van der Waals surface area contributed by atoms with E-state index in [1.807, 2.05) is 6.92 Å². The average molecular weight is 261 g/mol. The van der Waals surface area contributed by atoms with Crippen molar-refractivity contribution in [2.75, 3.05) is 13.2 Å². The maximum atomic E-state index is 11.6. The van der Waals surface area contributed by atoms with Gasteiger partial charge < -0.3 is 4.74 Å². The van der Waals surface area contributed by atoms with Crippen LogP contribution in [0.15, 0.2) is 12.1 Å². The minimum atomic E-state index is -0.168. The van der Waals surface area contributed by atoms with Crippen LogP contribution in [0.5, 0.6) is 0 Å². The lowest BCUT2D eigenvalue weighted by molar-refractivity contribution is -0.119. The summed E-state index contributed by atoms with van der Waals surface area (Å²) in [5.74, 6) is -0.263. The van der Waals surface area contributed by atoms with Crippen molar-refractivity contribution < 1.29 is 14.3 Å². The SMILES string of the molecule is CCOCCC(=O)CC(=O)c1ccc(Cl)s1. The van der Waals surface area contributed by atoms with E-state index in [4.69, 9.17) is 16.3 Å². The number of hydrogen-bond donors (Lipinski definition) is 0. The Morgan fingerprint density at radius 2 is 2.19 bits per heavy atom. The van der Waals surface area contributed by atoms with E-state index in [0.717, 1.165) is 0 Å². The van der Waals surface area contributed by atoms with E-state index in [1.54, 1.807) is 12.1 Å². The lowest BCUT2D eigenvalue weighted by Gasteiger charge is -1.99. The van der Waals surface area contributed by atoms with Gasteiger partial charge in [-0.05, 0) is 19.1 Å². The molecule has 0 aliphatic carbocycles.